The molecular formula is C12H13ClF3NO4. The van der Waals surface area contributed by atoms with Gasteiger partial charge in [0, 0.05) is 5.88 Å². The van der Waals surface area contributed by atoms with Crippen molar-refractivity contribution in [3.63, 3.8) is 0 Å². The van der Waals surface area contributed by atoms with Crippen LogP contribution in [0.3, 0.4) is 0 Å². The van der Waals surface area contributed by atoms with E-state index in [0.717, 1.165) is 0 Å². The number of hydrogen-bond donors (Lipinski definition) is 0. The molecule has 1 heterocycles. The molecule has 0 bridgehead atoms. The molecule has 1 aromatic rings. The third kappa shape index (κ3) is 5.30. The summed E-state index contributed by atoms with van der Waals surface area (Å²) in [5, 5.41) is 0. The predicted octanol–water partition coefficient (Wildman–Crippen LogP) is 2.83. The van der Waals surface area contributed by atoms with E-state index in [1.807, 2.05) is 0 Å². The zero-order valence-electron chi connectivity index (χ0n) is 11.3. The maximum absolute atomic E-state index is 12.3. The second kappa shape index (κ2) is 7.35. The Labute approximate surface area is 124 Å². The highest BCUT2D eigenvalue weighted by atomic mass is 35.5. The van der Waals surface area contributed by atoms with Crippen molar-refractivity contribution in [2.45, 2.75) is 25.6 Å². The molecule has 5 nitrogen and oxygen atoms in total. The number of nitrogens with zero attached hydrogens (tertiary/aromatic N) is 1. The standard InChI is InChI=1S/C12H13ClF3NO4/c1-3-20-10(18)5-8-7(6-13)4-9(19-2)11(17-8)21-12(14,15)16/h4H,3,5-6H2,1-2H3. The lowest BCUT2D eigenvalue weighted by molar-refractivity contribution is -0.276. The van der Waals surface area contributed by atoms with E-state index in [1.54, 1.807) is 6.92 Å². The van der Waals surface area contributed by atoms with Gasteiger partial charge in [0.05, 0.1) is 25.8 Å². The summed E-state index contributed by atoms with van der Waals surface area (Å²) in [5.74, 6) is -1.68. The van der Waals surface area contributed by atoms with Crippen LogP contribution in [0.5, 0.6) is 11.6 Å². The number of hydrogen-bond acceptors (Lipinski definition) is 5. The molecule has 0 saturated carbocycles. The van der Waals surface area contributed by atoms with Crippen LogP contribution in [0.4, 0.5) is 13.2 Å². The first kappa shape index (κ1) is 17.4. The van der Waals surface area contributed by atoms with Gasteiger partial charge in [0.15, 0.2) is 5.75 Å². The normalized spacial score (nSPS) is 11.1. The van der Waals surface area contributed by atoms with E-state index in [2.05, 4.69) is 9.72 Å². The van der Waals surface area contributed by atoms with E-state index >= 15 is 0 Å². The second-order valence-electron chi connectivity index (χ2n) is 3.76. The highest BCUT2D eigenvalue weighted by Gasteiger charge is 2.34. The Morgan fingerprint density at radius 1 is 1.43 bits per heavy atom. The van der Waals surface area contributed by atoms with Crippen LogP contribution < -0.4 is 9.47 Å². The number of carbonyl (C=O) groups excluding carboxylic acids is 1. The quantitative estimate of drug-likeness (QED) is 0.594. The maximum atomic E-state index is 12.3. The van der Waals surface area contributed by atoms with Crippen LogP contribution >= 0.6 is 11.6 Å². The molecule has 0 radical (unpaired) electrons. The maximum Gasteiger partial charge on any atom is 0.574 e. The number of methoxy groups -OCH3 is 1. The van der Waals surface area contributed by atoms with Crippen molar-refractivity contribution in [3.8, 4) is 11.6 Å². The minimum Gasteiger partial charge on any atom is -0.491 e. The molecule has 9 heteroatoms. The van der Waals surface area contributed by atoms with Crippen LogP contribution in [-0.4, -0.2) is 31.0 Å². The van der Waals surface area contributed by atoms with Gasteiger partial charge in [-0.05, 0) is 18.6 Å². The molecule has 0 aromatic carbocycles. The minimum atomic E-state index is -4.93. The van der Waals surface area contributed by atoms with E-state index in [0.29, 0.717) is 5.56 Å². The van der Waals surface area contributed by atoms with Gasteiger partial charge in [-0.25, -0.2) is 4.98 Å². The Balaban J connectivity index is 3.16. The lowest BCUT2D eigenvalue weighted by Crippen LogP contribution is -2.20. The minimum absolute atomic E-state index is 0.0449. The summed E-state index contributed by atoms with van der Waals surface area (Å²) >= 11 is 5.70. The average Bonchev–Trinajstić information content (AvgIpc) is 2.37. The lowest BCUT2D eigenvalue weighted by atomic mass is 10.1. The number of alkyl halides is 4. The van der Waals surface area contributed by atoms with E-state index in [-0.39, 0.29) is 30.4 Å². The number of rotatable bonds is 6. The molecule has 0 aliphatic rings. The van der Waals surface area contributed by atoms with Gasteiger partial charge >= 0.3 is 12.3 Å². The molecule has 0 amide bonds. The van der Waals surface area contributed by atoms with Crippen molar-refractivity contribution < 1.29 is 32.2 Å². The number of pyridine rings is 1. The number of esters is 1. The van der Waals surface area contributed by atoms with Crippen LogP contribution in [0.15, 0.2) is 6.07 Å². The number of carbonyl (C=O) groups is 1. The highest BCUT2D eigenvalue weighted by Crippen LogP contribution is 2.32. The van der Waals surface area contributed by atoms with Crippen molar-refractivity contribution in [2.24, 2.45) is 0 Å². The van der Waals surface area contributed by atoms with E-state index in [9.17, 15) is 18.0 Å². The summed E-state index contributed by atoms with van der Waals surface area (Å²) in [5.41, 5.74) is 0.402. The van der Waals surface area contributed by atoms with Crippen molar-refractivity contribution >= 4 is 17.6 Å². The molecule has 0 unspecified atom stereocenters. The van der Waals surface area contributed by atoms with Crippen LogP contribution in [0.25, 0.3) is 0 Å². The zero-order chi connectivity index (χ0) is 16.0. The largest absolute Gasteiger partial charge is 0.574 e. The summed E-state index contributed by atoms with van der Waals surface area (Å²) < 4.78 is 50.2. The molecule has 0 fully saturated rings. The Bertz CT molecular complexity index is 508. The first-order chi connectivity index (χ1) is 9.80. The van der Waals surface area contributed by atoms with Gasteiger partial charge in [0.2, 0.25) is 0 Å². The fourth-order valence-corrected chi connectivity index (χ4v) is 1.73. The van der Waals surface area contributed by atoms with E-state index < -0.39 is 18.2 Å². The van der Waals surface area contributed by atoms with Crippen LogP contribution in [0, 0.1) is 0 Å². The van der Waals surface area contributed by atoms with Gasteiger partial charge in [-0.15, -0.1) is 24.8 Å². The summed E-state index contributed by atoms with van der Waals surface area (Å²) in [6.45, 7) is 1.76. The fraction of sp³-hybridized carbons (Fsp3) is 0.500. The van der Waals surface area contributed by atoms with Gasteiger partial charge in [0.1, 0.15) is 0 Å². The average molecular weight is 328 g/mol. The van der Waals surface area contributed by atoms with Gasteiger partial charge in [0.25, 0.3) is 5.88 Å². The predicted molar refractivity (Wildman–Crippen MR) is 67.4 cm³/mol. The topological polar surface area (TPSA) is 57.7 Å². The highest BCUT2D eigenvalue weighted by molar-refractivity contribution is 6.17. The molecule has 0 aliphatic carbocycles. The first-order valence-electron chi connectivity index (χ1n) is 5.84. The monoisotopic (exact) mass is 327 g/mol. The van der Waals surface area contributed by atoms with Crippen molar-refractivity contribution in [3.05, 3.63) is 17.3 Å². The summed E-state index contributed by atoms with van der Waals surface area (Å²) in [6.07, 6.45) is -5.24. The van der Waals surface area contributed by atoms with Gasteiger partial charge in [-0.2, -0.15) is 0 Å². The molecule has 0 N–H and O–H groups in total. The Morgan fingerprint density at radius 3 is 2.57 bits per heavy atom. The molecule has 0 aliphatic heterocycles. The Morgan fingerprint density at radius 2 is 2.10 bits per heavy atom. The third-order valence-corrected chi connectivity index (χ3v) is 2.60. The number of aromatic nitrogens is 1. The number of ether oxygens (including phenoxy) is 3. The smallest absolute Gasteiger partial charge is 0.491 e. The van der Waals surface area contributed by atoms with Gasteiger partial charge in [-0.3, -0.25) is 4.79 Å². The lowest BCUT2D eigenvalue weighted by Gasteiger charge is -2.14. The summed E-state index contributed by atoms with van der Waals surface area (Å²) in [6, 6.07) is 1.25. The fourth-order valence-electron chi connectivity index (χ4n) is 1.50. The van der Waals surface area contributed by atoms with Crippen molar-refractivity contribution in [2.75, 3.05) is 13.7 Å². The summed E-state index contributed by atoms with van der Waals surface area (Å²) in [7, 11) is 1.17. The Hall–Kier alpha value is -1.70. The molecule has 21 heavy (non-hydrogen) atoms. The molecule has 0 atom stereocenters. The molecular weight excluding hydrogens is 315 g/mol. The first-order valence-corrected chi connectivity index (χ1v) is 6.38. The van der Waals surface area contributed by atoms with E-state index in [4.69, 9.17) is 21.1 Å². The molecule has 1 aromatic heterocycles. The van der Waals surface area contributed by atoms with Gasteiger partial charge < -0.3 is 14.2 Å². The van der Waals surface area contributed by atoms with Crippen LogP contribution in [-0.2, 0) is 21.8 Å². The number of halogens is 4. The van der Waals surface area contributed by atoms with Crippen molar-refractivity contribution in [1.82, 2.24) is 4.98 Å². The second-order valence-corrected chi connectivity index (χ2v) is 4.03. The van der Waals surface area contributed by atoms with E-state index in [1.165, 1.54) is 13.2 Å². The zero-order valence-corrected chi connectivity index (χ0v) is 12.0. The van der Waals surface area contributed by atoms with Crippen LogP contribution in [0.1, 0.15) is 18.2 Å². The summed E-state index contributed by atoms with van der Waals surface area (Å²) in [4.78, 5) is 15.1. The SMILES string of the molecule is CCOC(=O)Cc1nc(OC(F)(F)F)c(OC)cc1CCl. The van der Waals surface area contributed by atoms with Crippen LogP contribution in [0.2, 0.25) is 0 Å². The van der Waals surface area contributed by atoms with Crippen molar-refractivity contribution in [1.29, 1.82) is 0 Å². The third-order valence-electron chi connectivity index (χ3n) is 2.32. The molecule has 0 saturated heterocycles. The molecule has 1 rings (SSSR count). The molecule has 0 spiro atoms. The van der Waals surface area contributed by atoms with Gasteiger partial charge in [-0.1, -0.05) is 0 Å². The molecule has 118 valence electrons. The Kier molecular flexibility index (Phi) is 6.07.